The van der Waals surface area contributed by atoms with Crippen molar-refractivity contribution < 1.29 is 26.4 Å². The molecule has 15 heavy (non-hydrogen) atoms. The predicted octanol–water partition coefficient (Wildman–Crippen LogP) is 0.470. The second-order valence-electron chi connectivity index (χ2n) is 2.71. The van der Waals surface area contributed by atoms with Crippen LogP contribution in [0.3, 0.4) is 0 Å². The van der Waals surface area contributed by atoms with E-state index in [1.165, 1.54) is 13.8 Å². The molecule has 0 heterocycles. The number of hydrogen-bond acceptors (Lipinski definition) is 6. The number of hydrogen-bond donors (Lipinski definition) is 0. The maximum atomic E-state index is 10.9. The lowest BCUT2D eigenvalue weighted by molar-refractivity contribution is -0.133. The molecule has 7 heteroatoms. The Bertz CT molecular complexity index is 382. The third kappa shape index (κ3) is 4.96. The van der Waals surface area contributed by atoms with E-state index in [0.29, 0.717) is 0 Å². The summed E-state index contributed by atoms with van der Waals surface area (Å²) in [4.78, 5) is 21.6. The molecule has 0 rings (SSSR count). The highest BCUT2D eigenvalue weighted by molar-refractivity contribution is 7.82. The molecule has 0 aromatic heterocycles. The fourth-order valence-electron chi connectivity index (χ4n) is 0.345. The van der Waals surface area contributed by atoms with Gasteiger partial charge in [0.25, 0.3) is 0 Å². The minimum Gasteiger partial charge on any atom is -0.312 e. The fourth-order valence-corrected chi connectivity index (χ4v) is 1.03. The molecular weight excluding hydrogens is 224 g/mol. The van der Waals surface area contributed by atoms with Crippen LogP contribution in [0.25, 0.3) is 0 Å². The fraction of sp³-hybridized carbons (Fsp3) is 0.250. The largest absolute Gasteiger partial charge is 0.506 e. The SMILES string of the molecule is C=C(C)C(=O)OS(=O)(=O)OC(=O)C(=C)C. The smallest absolute Gasteiger partial charge is 0.312 e. The van der Waals surface area contributed by atoms with Crippen molar-refractivity contribution in [1.29, 1.82) is 0 Å². The van der Waals surface area contributed by atoms with Gasteiger partial charge in [0.2, 0.25) is 0 Å². The standard InChI is InChI=1S/C8H10O6S/c1-5(2)7(9)13-15(11,12)14-8(10)6(3)4/h1,3H2,2,4H3. The maximum absolute atomic E-state index is 10.9. The third-order valence-corrected chi connectivity index (χ3v) is 1.76. The molecule has 0 unspecified atom stereocenters. The second kappa shape index (κ2) is 4.74. The van der Waals surface area contributed by atoms with Crippen LogP contribution >= 0.6 is 0 Å². The summed E-state index contributed by atoms with van der Waals surface area (Å²) in [6.45, 7) is 8.81. The first-order chi connectivity index (χ1) is 6.65. The van der Waals surface area contributed by atoms with Gasteiger partial charge in [-0.3, -0.25) is 0 Å². The summed E-state index contributed by atoms with van der Waals surface area (Å²) in [5.74, 6) is -2.38. The summed E-state index contributed by atoms with van der Waals surface area (Å²) in [5, 5.41) is 0. The summed E-state index contributed by atoms with van der Waals surface area (Å²) < 4.78 is 29.5. The molecule has 0 aliphatic rings. The summed E-state index contributed by atoms with van der Waals surface area (Å²) in [7, 11) is -4.69. The Kier molecular flexibility index (Phi) is 4.22. The molecule has 0 saturated heterocycles. The van der Waals surface area contributed by atoms with E-state index in [1.54, 1.807) is 0 Å². The van der Waals surface area contributed by atoms with Crippen molar-refractivity contribution in [2.75, 3.05) is 0 Å². The summed E-state index contributed by atoms with van der Waals surface area (Å²) in [6.07, 6.45) is 0. The van der Waals surface area contributed by atoms with E-state index in [2.05, 4.69) is 21.5 Å². The Morgan fingerprint density at radius 3 is 1.40 bits per heavy atom. The monoisotopic (exact) mass is 234 g/mol. The zero-order valence-corrected chi connectivity index (χ0v) is 9.09. The van der Waals surface area contributed by atoms with E-state index in [1.807, 2.05) is 0 Å². The van der Waals surface area contributed by atoms with Gasteiger partial charge >= 0.3 is 22.3 Å². The van der Waals surface area contributed by atoms with Crippen LogP contribution < -0.4 is 0 Å². The highest BCUT2D eigenvalue weighted by atomic mass is 32.3. The van der Waals surface area contributed by atoms with E-state index in [4.69, 9.17) is 0 Å². The zero-order valence-electron chi connectivity index (χ0n) is 8.27. The molecule has 0 fully saturated rings. The molecule has 0 amide bonds. The molecule has 0 N–H and O–H groups in total. The first kappa shape index (κ1) is 13.4. The molecule has 0 bridgehead atoms. The first-order valence-corrected chi connectivity index (χ1v) is 5.02. The van der Waals surface area contributed by atoms with Crippen LogP contribution in [-0.2, 0) is 28.4 Å². The molecule has 6 nitrogen and oxygen atoms in total. The van der Waals surface area contributed by atoms with Gasteiger partial charge < -0.3 is 8.37 Å². The van der Waals surface area contributed by atoms with E-state index < -0.39 is 22.3 Å². The number of carbonyl (C=O) groups excluding carboxylic acids is 2. The lowest BCUT2D eigenvalue weighted by atomic mass is 10.4. The molecule has 0 aromatic carbocycles. The third-order valence-electron chi connectivity index (χ3n) is 1.05. The van der Waals surface area contributed by atoms with Gasteiger partial charge in [-0.15, -0.1) is 8.42 Å². The van der Waals surface area contributed by atoms with E-state index >= 15 is 0 Å². The topological polar surface area (TPSA) is 86.7 Å². The Hall–Kier alpha value is -1.63. The second-order valence-corrected chi connectivity index (χ2v) is 3.86. The minimum absolute atomic E-state index is 0.134. The van der Waals surface area contributed by atoms with E-state index in [-0.39, 0.29) is 11.1 Å². The summed E-state index contributed by atoms with van der Waals surface area (Å²) in [6, 6.07) is 0. The van der Waals surface area contributed by atoms with Crippen LogP contribution in [0.15, 0.2) is 24.3 Å². The Morgan fingerprint density at radius 1 is 0.933 bits per heavy atom. The van der Waals surface area contributed by atoms with Crippen LogP contribution in [0, 0.1) is 0 Å². The number of carbonyl (C=O) groups is 2. The van der Waals surface area contributed by atoms with Gasteiger partial charge in [0.1, 0.15) is 0 Å². The molecule has 0 atom stereocenters. The average Bonchev–Trinajstić information content (AvgIpc) is 2.01. The van der Waals surface area contributed by atoms with Crippen LogP contribution in [0.1, 0.15) is 13.8 Å². The van der Waals surface area contributed by atoms with Crippen molar-refractivity contribution in [1.82, 2.24) is 0 Å². The van der Waals surface area contributed by atoms with Gasteiger partial charge in [-0.2, -0.15) is 0 Å². The van der Waals surface area contributed by atoms with Gasteiger partial charge in [-0.25, -0.2) is 9.59 Å². The molecule has 0 radical (unpaired) electrons. The molecule has 0 aromatic rings. The van der Waals surface area contributed by atoms with Crippen LogP contribution in [0.2, 0.25) is 0 Å². The highest BCUT2D eigenvalue weighted by Gasteiger charge is 2.23. The van der Waals surface area contributed by atoms with Crippen molar-refractivity contribution in [2.45, 2.75) is 13.8 Å². The average molecular weight is 234 g/mol. The summed E-state index contributed by atoms with van der Waals surface area (Å²) in [5.41, 5.74) is -0.269. The van der Waals surface area contributed by atoms with Gasteiger partial charge in [-0.05, 0) is 13.8 Å². The Morgan fingerprint density at radius 2 is 1.20 bits per heavy atom. The molecule has 0 spiro atoms. The normalized spacial score (nSPS) is 10.3. The zero-order chi connectivity index (χ0) is 12.2. The van der Waals surface area contributed by atoms with E-state index in [9.17, 15) is 18.0 Å². The van der Waals surface area contributed by atoms with Crippen molar-refractivity contribution >= 4 is 22.3 Å². The van der Waals surface area contributed by atoms with Gasteiger partial charge in [-0.1, -0.05) is 13.2 Å². The van der Waals surface area contributed by atoms with Crippen molar-refractivity contribution in [2.24, 2.45) is 0 Å². The van der Waals surface area contributed by atoms with Crippen LogP contribution in [-0.4, -0.2) is 20.4 Å². The number of rotatable bonds is 4. The molecular formula is C8H10O6S. The van der Waals surface area contributed by atoms with Crippen molar-refractivity contribution in [3.8, 4) is 0 Å². The van der Waals surface area contributed by atoms with Gasteiger partial charge in [0.15, 0.2) is 0 Å². The Balaban J connectivity index is 4.60. The van der Waals surface area contributed by atoms with Crippen molar-refractivity contribution in [3.63, 3.8) is 0 Å². The van der Waals surface area contributed by atoms with Crippen molar-refractivity contribution in [3.05, 3.63) is 24.3 Å². The van der Waals surface area contributed by atoms with Crippen LogP contribution in [0.4, 0.5) is 0 Å². The lowest BCUT2D eigenvalue weighted by Crippen LogP contribution is -2.19. The molecule has 84 valence electrons. The first-order valence-electron chi connectivity index (χ1n) is 3.69. The minimum atomic E-state index is -4.69. The van der Waals surface area contributed by atoms with E-state index in [0.717, 1.165) is 0 Å². The van der Waals surface area contributed by atoms with Crippen LogP contribution in [0.5, 0.6) is 0 Å². The molecule has 0 aliphatic heterocycles. The quantitative estimate of drug-likeness (QED) is 0.657. The van der Waals surface area contributed by atoms with Gasteiger partial charge in [0, 0.05) is 11.1 Å². The Labute approximate surface area is 87.5 Å². The van der Waals surface area contributed by atoms with Gasteiger partial charge in [0.05, 0.1) is 0 Å². The molecule has 0 aliphatic carbocycles. The maximum Gasteiger partial charge on any atom is 0.506 e. The lowest BCUT2D eigenvalue weighted by Gasteiger charge is -2.04. The highest BCUT2D eigenvalue weighted by Crippen LogP contribution is 2.04. The summed E-state index contributed by atoms with van der Waals surface area (Å²) >= 11 is 0. The predicted molar refractivity (Wildman–Crippen MR) is 50.7 cm³/mol. The molecule has 0 saturated carbocycles.